The molecule has 1 heterocycles. The van der Waals surface area contributed by atoms with E-state index in [2.05, 4.69) is 5.32 Å². The first-order valence-electron chi connectivity index (χ1n) is 16.4. The number of methoxy groups -OCH3 is 2. The first kappa shape index (κ1) is 36.4. The molecule has 0 spiro atoms. The van der Waals surface area contributed by atoms with Gasteiger partial charge in [-0.15, -0.1) is 0 Å². The first-order chi connectivity index (χ1) is 24.3. The van der Waals surface area contributed by atoms with E-state index in [4.69, 9.17) is 18.9 Å². The molecule has 0 bridgehead atoms. The third-order valence-electron chi connectivity index (χ3n) is 8.42. The molecular weight excluding hydrogens is 658 g/mol. The van der Waals surface area contributed by atoms with Crippen molar-refractivity contribution in [3.8, 4) is 17.2 Å². The van der Waals surface area contributed by atoms with Crippen LogP contribution in [0.5, 0.6) is 17.2 Å². The minimum atomic E-state index is -3.67. The highest BCUT2D eigenvalue weighted by molar-refractivity contribution is 7.89. The van der Waals surface area contributed by atoms with Gasteiger partial charge in [-0.3, -0.25) is 9.59 Å². The van der Waals surface area contributed by atoms with Crippen molar-refractivity contribution >= 4 is 21.8 Å². The number of amides is 2. The van der Waals surface area contributed by atoms with Crippen LogP contribution in [0.15, 0.2) is 108 Å². The maximum absolute atomic E-state index is 14.0. The van der Waals surface area contributed by atoms with Gasteiger partial charge < -0.3 is 29.2 Å². The molecular formula is C38H43N3O8S. The van der Waals surface area contributed by atoms with Crippen LogP contribution in [-0.4, -0.2) is 89.2 Å². The van der Waals surface area contributed by atoms with Gasteiger partial charge in [0.1, 0.15) is 11.8 Å². The van der Waals surface area contributed by atoms with Crippen molar-refractivity contribution in [2.24, 2.45) is 0 Å². The van der Waals surface area contributed by atoms with Crippen LogP contribution in [0.4, 0.5) is 0 Å². The van der Waals surface area contributed by atoms with Gasteiger partial charge in [-0.2, -0.15) is 4.31 Å². The standard InChI is InChI=1S/C38H43N3O8S/c1-46-35-18-13-30(26-36(35)47-2)19-20-39-38(43)34(25-29-9-5-3-6-10-29)41(27-31-11-7-4-8-12-31)37(42)28-49-32-14-16-33(17-15-32)50(44,45)40-21-23-48-24-22-40/h3-18,26,34H,19-25,27-28H2,1-2H3,(H,39,43). The van der Waals surface area contributed by atoms with E-state index in [-0.39, 0.29) is 30.4 Å². The summed E-state index contributed by atoms with van der Waals surface area (Å²) in [6, 6.07) is 29.8. The molecule has 0 saturated carbocycles. The third kappa shape index (κ3) is 9.62. The molecule has 4 aromatic carbocycles. The van der Waals surface area contributed by atoms with Crippen molar-refractivity contribution in [1.29, 1.82) is 0 Å². The average Bonchev–Trinajstić information content (AvgIpc) is 3.16. The molecule has 264 valence electrons. The molecule has 2 amide bonds. The normalized spacial score (nSPS) is 14.0. The molecule has 5 rings (SSSR count). The van der Waals surface area contributed by atoms with Gasteiger partial charge in [-0.25, -0.2) is 8.42 Å². The zero-order valence-corrected chi connectivity index (χ0v) is 29.1. The van der Waals surface area contributed by atoms with Crippen LogP contribution >= 0.6 is 0 Å². The number of carbonyl (C=O) groups is 2. The van der Waals surface area contributed by atoms with Gasteiger partial charge in [-0.1, -0.05) is 66.7 Å². The van der Waals surface area contributed by atoms with Gasteiger partial charge in [0.2, 0.25) is 15.9 Å². The number of nitrogens with one attached hydrogen (secondary N) is 1. The Morgan fingerprint density at radius 1 is 0.820 bits per heavy atom. The second-order valence-corrected chi connectivity index (χ2v) is 13.7. The molecule has 1 aliphatic heterocycles. The predicted molar refractivity (Wildman–Crippen MR) is 189 cm³/mol. The summed E-state index contributed by atoms with van der Waals surface area (Å²) in [6.45, 7) is 1.45. The van der Waals surface area contributed by atoms with Gasteiger partial charge in [0.15, 0.2) is 18.1 Å². The highest BCUT2D eigenvalue weighted by Gasteiger charge is 2.31. The van der Waals surface area contributed by atoms with E-state index in [0.717, 1.165) is 16.7 Å². The Morgan fingerprint density at radius 3 is 2.10 bits per heavy atom. The Bertz CT molecular complexity index is 1800. The molecule has 1 N–H and O–H groups in total. The smallest absolute Gasteiger partial charge is 0.261 e. The number of ether oxygens (including phenoxy) is 4. The lowest BCUT2D eigenvalue weighted by Crippen LogP contribution is -2.52. The molecule has 1 saturated heterocycles. The van der Waals surface area contributed by atoms with E-state index in [1.165, 1.54) is 28.6 Å². The van der Waals surface area contributed by atoms with Crippen molar-refractivity contribution < 1.29 is 37.0 Å². The number of hydrogen-bond donors (Lipinski definition) is 1. The van der Waals surface area contributed by atoms with Crippen LogP contribution in [0.2, 0.25) is 0 Å². The van der Waals surface area contributed by atoms with Gasteiger partial charge in [0.25, 0.3) is 5.91 Å². The highest BCUT2D eigenvalue weighted by Crippen LogP contribution is 2.28. The Morgan fingerprint density at radius 2 is 1.46 bits per heavy atom. The molecule has 50 heavy (non-hydrogen) atoms. The predicted octanol–water partition coefficient (Wildman–Crippen LogP) is 4.10. The van der Waals surface area contributed by atoms with Gasteiger partial charge in [0, 0.05) is 32.6 Å². The van der Waals surface area contributed by atoms with Gasteiger partial charge in [-0.05, 0) is 59.5 Å². The van der Waals surface area contributed by atoms with Crippen molar-refractivity contribution in [2.75, 3.05) is 53.7 Å². The largest absolute Gasteiger partial charge is 0.493 e. The summed E-state index contributed by atoms with van der Waals surface area (Å²) in [4.78, 5) is 29.7. The summed E-state index contributed by atoms with van der Waals surface area (Å²) in [5.41, 5.74) is 2.71. The van der Waals surface area contributed by atoms with Crippen LogP contribution in [0.1, 0.15) is 16.7 Å². The van der Waals surface area contributed by atoms with Crippen LogP contribution < -0.4 is 19.5 Å². The average molecular weight is 702 g/mol. The monoisotopic (exact) mass is 701 g/mol. The lowest BCUT2D eigenvalue weighted by Gasteiger charge is -2.31. The summed E-state index contributed by atoms with van der Waals surface area (Å²) >= 11 is 0. The lowest BCUT2D eigenvalue weighted by atomic mass is 10.0. The Balaban J connectivity index is 1.32. The third-order valence-corrected chi connectivity index (χ3v) is 10.3. The second-order valence-electron chi connectivity index (χ2n) is 11.7. The molecule has 1 atom stereocenters. The summed E-state index contributed by atoms with van der Waals surface area (Å²) in [5.74, 6) is 0.866. The number of benzene rings is 4. The minimum Gasteiger partial charge on any atom is -0.493 e. The SMILES string of the molecule is COc1ccc(CCNC(=O)C(Cc2ccccc2)N(Cc2ccccc2)C(=O)COc2ccc(S(=O)(=O)N3CCOCC3)cc2)cc1OC. The highest BCUT2D eigenvalue weighted by atomic mass is 32.2. The van der Waals surface area contributed by atoms with Crippen molar-refractivity contribution in [1.82, 2.24) is 14.5 Å². The Kier molecular flexibility index (Phi) is 12.8. The maximum atomic E-state index is 14.0. The van der Waals surface area contributed by atoms with E-state index in [0.29, 0.717) is 56.5 Å². The summed E-state index contributed by atoms with van der Waals surface area (Å²) in [7, 11) is -0.522. The number of nitrogens with zero attached hydrogens (tertiary/aromatic N) is 2. The zero-order chi connectivity index (χ0) is 35.3. The number of sulfonamides is 1. The van der Waals surface area contributed by atoms with Crippen LogP contribution in [0.3, 0.4) is 0 Å². The molecule has 0 aromatic heterocycles. The van der Waals surface area contributed by atoms with Crippen molar-refractivity contribution in [2.45, 2.75) is 30.3 Å². The molecule has 1 aliphatic rings. The summed E-state index contributed by atoms with van der Waals surface area (Å²) < 4.78 is 49.4. The van der Waals surface area contributed by atoms with E-state index < -0.39 is 22.0 Å². The van der Waals surface area contributed by atoms with Gasteiger partial charge >= 0.3 is 0 Å². The molecule has 4 aromatic rings. The summed E-state index contributed by atoms with van der Waals surface area (Å²) in [5, 5.41) is 3.05. The molecule has 1 fully saturated rings. The van der Waals surface area contributed by atoms with E-state index in [9.17, 15) is 18.0 Å². The van der Waals surface area contributed by atoms with E-state index in [1.54, 1.807) is 19.1 Å². The second kappa shape index (κ2) is 17.7. The number of hydrogen-bond acceptors (Lipinski definition) is 8. The Labute approximate surface area is 293 Å². The molecule has 0 radical (unpaired) electrons. The topological polar surface area (TPSA) is 124 Å². The quantitative estimate of drug-likeness (QED) is 0.185. The lowest BCUT2D eigenvalue weighted by molar-refractivity contribution is -0.142. The van der Waals surface area contributed by atoms with Crippen LogP contribution in [0, 0.1) is 0 Å². The first-order valence-corrected chi connectivity index (χ1v) is 17.9. The fraction of sp³-hybridized carbons (Fsp3) is 0.316. The zero-order valence-electron chi connectivity index (χ0n) is 28.3. The van der Waals surface area contributed by atoms with Gasteiger partial charge in [0.05, 0.1) is 32.3 Å². The molecule has 0 aliphatic carbocycles. The summed E-state index contributed by atoms with van der Waals surface area (Å²) in [6.07, 6.45) is 0.826. The molecule has 11 nitrogen and oxygen atoms in total. The van der Waals surface area contributed by atoms with Crippen molar-refractivity contribution in [3.05, 3.63) is 120 Å². The van der Waals surface area contributed by atoms with E-state index >= 15 is 0 Å². The van der Waals surface area contributed by atoms with Crippen LogP contribution in [-0.2, 0) is 43.7 Å². The fourth-order valence-corrected chi connectivity index (χ4v) is 7.10. The fourth-order valence-electron chi connectivity index (χ4n) is 5.69. The van der Waals surface area contributed by atoms with Crippen molar-refractivity contribution in [3.63, 3.8) is 0 Å². The van der Waals surface area contributed by atoms with Crippen LogP contribution in [0.25, 0.3) is 0 Å². The molecule has 12 heteroatoms. The number of carbonyl (C=O) groups excluding carboxylic acids is 2. The number of rotatable bonds is 16. The molecule has 1 unspecified atom stereocenters. The Hall–Kier alpha value is -4.91. The van der Waals surface area contributed by atoms with E-state index in [1.807, 2.05) is 78.9 Å². The maximum Gasteiger partial charge on any atom is 0.261 e. The minimum absolute atomic E-state index is 0.136. The number of morpholine rings is 1.